The molecule has 2 aromatic rings. The van der Waals surface area contributed by atoms with Crippen molar-refractivity contribution in [1.82, 2.24) is 5.32 Å². The van der Waals surface area contributed by atoms with Gasteiger partial charge in [-0.15, -0.1) is 0 Å². The third-order valence-electron chi connectivity index (χ3n) is 3.44. The Morgan fingerprint density at radius 1 is 1.08 bits per heavy atom. The summed E-state index contributed by atoms with van der Waals surface area (Å²) >= 11 is 0. The van der Waals surface area contributed by atoms with Crippen LogP contribution in [-0.4, -0.2) is 18.7 Å². The smallest absolute Gasteiger partial charge is 0.412 e. The summed E-state index contributed by atoms with van der Waals surface area (Å²) in [6, 6.07) is 8.19. The van der Waals surface area contributed by atoms with E-state index in [4.69, 9.17) is 4.74 Å². The number of nitrogens with one attached hydrogen (secondary N) is 1. The number of hydrogen-bond donors (Lipinski definition) is 1. The van der Waals surface area contributed by atoms with Gasteiger partial charge in [-0.1, -0.05) is 24.3 Å². The van der Waals surface area contributed by atoms with Gasteiger partial charge in [-0.2, -0.15) is 13.2 Å². The van der Waals surface area contributed by atoms with Crippen molar-refractivity contribution in [2.45, 2.75) is 25.6 Å². The van der Waals surface area contributed by atoms with Crippen LogP contribution in [0.1, 0.15) is 24.1 Å². The van der Waals surface area contributed by atoms with Gasteiger partial charge >= 0.3 is 6.18 Å². The quantitative estimate of drug-likeness (QED) is 0.789. The zero-order valence-electron chi connectivity index (χ0n) is 13.4. The Kier molecular flexibility index (Phi) is 6.01. The van der Waals surface area contributed by atoms with Gasteiger partial charge < -0.3 is 10.1 Å². The summed E-state index contributed by atoms with van der Waals surface area (Å²) in [4.78, 5) is 12.0. The second-order valence-corrected chi connectivity index (χ2v) is 5.35. The number of ether oxygens (including phenoxy) is 1. The van der Waals surface area contributed by atoms with Crippen molar-refractivity contribution >= 4 is 5.91 Å². The second kappa shape index (κ2) is 8.00. The summed E-state index contributed by atoms with van der Waals surface area (Å²) in [7, 11) is 0. The third kappa shape index (κ3) is 5.48. The van der Waals surface area contributed by atoms with E-state index >= 15 is 0 Å². The van der Waals surface area contributed by atoms with Crippen LogP contribution in [0.25, 0.3) is 0 Å². The van der Waals surface area contributed by atoms with Gasteiger partial charge in [0.25, 0.3) is 0 Å². The molecule has 0 aliphatic heterocycles. The summed E-state index contributed by atoms with van der Waals surface area (Å²) in [6.45, 7) is 2.32. The summed E-state index contributed by atoms with van der Waals surface area (Å²) in [5.41, 5.74) is 0.329. The van der Waals surface area contributed by atoms with Gasteiger partial charge in [0.15, 0.2) is 6.04 Å². The van der Waals surface area contributed by atoms with Crippen molar-refractivity contribution < 1.29 is 27.1 Å². The van der Waals surface area contributed by atoms with Gasteiger partial charge in [0.1, 0.15) is 11.6 Å². The van der Waals surface area contributed by atoms with Crippen LogP contribution in [0, 0.1) is 5.82 Å². The van der Waals surface area contributed by atoms with Crippen LogP contribution in [0.4, 0.5) is 17.6 Å². The minimum Gasteiger partial charge on any atom is -0.494 e. The monoisotopic (exact) mass is 355 g/mol. The zero-order valence-corrected chi connectivity index (χ0v) is 13.4. The number of carbonyl (C=O) groups is 1. The molecule has 0 spiro atoms. The van der Waals surface area contributed by atoms with Crippen molar-refractivity contribution in [2.75, 3.05) is 6.61 Å². The highest BCUT2D eigenvalue weighted by atomic mass is 19.4. The molecule has 134 valence electrons. The molecule has 0 saturated carbocycles. The van der Waals surface area contributed by atoms with E-state index in [0.29, 0.717) is 17.9 Å². The maximum atomic E-state index is 13.2. The lowest BCUT2D eigenvalue weighted by Crippen LogP contribution is -2.38. The minimum atomic E-state index is -4.69. The van der Waals surface area contributed by atoms with Crippen molar-refractivity contribution in [2.24, 2.45) is 0 Å². The summed E-state index contributed by atoms with van der Waals surface area (Å²) in [6.07, 6.45) is -4.90. The molecule has 3 nitrogen and oxygen atoms in total. The van der Waals surface area contributed by atoms with Crippen LogP contribution in [0.5, 0.6) is 5.75 Å². The van der Waals surface area contributed by atoms with E-state index in [0.717, 1.165) is 24.3 Å². The highest BCUT2D eigenvalue weighted by molar-refractivity contribution is 5.79. The molecule has 0 aliphatic carbocycles. The topological polar surface area (TPSA) is 38.3 Å². The van der Waals surface area contributed by atoms with E-state index in [1.54, 1.807) is 24.3 Å². The third-order valence-corrected chi connectivity index (χ3v) is 3.44. The molecular weight excluding hydrogens is 338 g/mol. The van der Waals surface area contributed by atoms with Gasteiger partial charge in [0.2, 0.25) is 5.91 Å². The molecule has 1 unspecified atom stereocenters. The van der Waals surface area contributed by atoms with Gasteiger partial charge in [0.05, 0.1) is 13.0 Å². The fraction of sp³-hybridized carbons (Fsp3) is 0.278. The van der Waals surface area contributed by atoms with E-state index < -0.39 is 23.9 Å². The maximum absolute atomic E-state index is 13.2. The number of hydrogen-bond acceptors (Lipinski definition) is 2. The molecule has 1 atom stereocenters. The Hall–Kier alpha value is -2.57. The number of alkyl halides is 3. The number of benzene rings is 2. The largest absolute Gasteiger partial charge is 0.494 e. The van der Waals surface area contributed by atoms with Crippen molar-refractivity contribution in [3.05, 3.63) is 65.5 Å². The van der Waals surface area contributed by atoms with Gasteiger partial charge in [0, 0.05) is 0 Å². The fourth-order valence-electron chi connectivity index (χ4n) is 2.28. The molecule has 0 heterocycles. The minimum absolute atomic E-state index is 0.208. The Labute approximate surface area is 142 Å². The molecule has 0 radical (unpaired) electrons. The average Bonchev–Trinajstić information content (AvgIpc) is 2.55. The highest BCUT2D eigenvalue weighted by Crippen LogP contribution is 2.32. The first kappa shape index (κ1) is 18.8. The molecule has 25 heavy (non-hydrogen) atoms. The standard InChI is InChI=1S/C18H17F4NO2/c1-2-25-15-9-3-12(4-10-15)11-16(24)23-17(18(20,21)22)13-5-7-14(19)8-6-13/h3-10,17H,2,11H2,1H3,(H,23,24). The highest BCUT2D eigenvalue weighted by Gasteiger charge is 2.41. The molecule has 0 bridgehead atoms. The van der Waals surface area contributed by atoms with Gasteiger partial charge in [-0.3, -0.25) is 4.79 Å². The van der Waals surface area contributed by atoms with Crippen molar-refractivity contribution in [3.8, 4) is 5.75 Å². The van der Waals surface area contributed by atoms with Crippen LogP contribution < -0.4 is 10.1 Å². The SMILES string of the molecule is CCOc1ccc(CC(=O)NC(c2ccc(F)cc2)C(F)(F)F)cc1. The summed E-state index contributed by atoms with van der Waals surface area (Å²) in [5, 5.41) is 1.96. The fourth-order valence-corrected chi connectivity index (χ4v) is 2.28. The first-order chi connectivity index (χ1) is 11.8. The van der Waals surface area contributed by atoms with Crippen LogP contribution in [0.3, 0.4) is 0 Å². The first-order valence-electron chi connectivity index (χ1n) is 7.63. The Bertz CT molecular complexity index is 697. The summed E-state index contributed by atoms with van der Waals surface area (Å²) in [5.74, 6) is -0.813. The van der Waals surface area contributed by atoms with E-state index in [1.165, 1.54) is 0 Å². The Balaban J connectivity index is 2.07. The molecule has 1 amide bonds. The van der Waals surface area contributed by atoms with Crippen molar-refractivity contribution in [3.63, 3.8) is 0 Å². The van der Waals surface area contributed by atoms with Crippen LogP contribution in [-0.2, 0) is 11.2 Å². The van der Waals surface area contributed by atoms with E-state index in [1.807, 2.05) is 12.2 Å². The maximum Gasteiger partial charge on any atom is 0.412 e. The number of halogens is 4. The predicted octanol–water partition coefficient (Wildman–Crippen LogP) is 4.19. The van der Waals surface area contributed by atoms with Crippen LogP contribution >= 0.6 is 0 Å². The van der Waals surface area contributed by atoms with Gasteiger partial charge in [-0.05, 0) is 42.3 Å². The molecule has 0 fully saturated rings. The molecule has 1 N–H and O–H groups in total. The summed E-state index contributed by atoms with van der Waals surface area (Å²) < 4.78 is 57.8. The number of carbonyl (C=O) groups excluding carboxylic acids is 1. The van der Waals surface area contributed by atoms with Crippen LogP contribution in [0.15, 0.2) is 48.5 Å². The predicted molar refractivity (Wildman–Crippen MR) is 84.7 cm³/mol. The van der Waals surface area contributed by atoms with Crippen molar-refractivity contribution in [1.29, 1.82) is 0 Å². The average molecular weight is 355 g/mol. The molecule has 0 aromatic heterocycles. The Morgan fingerprint density at radius 2 is 1.68 bits per heavy atom. The molecule has 2 aromatic carbocycles. The molecule has 7 heteroatoms. The lowest BCUT2D eigenvalue weighted by Gasteiger charge is -2.22. The number of rotatable bonds is 6. The van der Waals surface area contributed by atoms with Crippen LogP contribution in [0.2, 0.25) is 0 Å². The number of amides is 1. The second-order valence-electron chi connectivity index (χ2n) is 5.35. The molecular formula is C18H17F4NO2. The Morgan fingerprint density at radius 3 is 2.20 bits per heavy atom. The van der Waals surface area contributed by atoms with E-state index in [-0.39, 0.29) is 12.0 Å². The van der Waals surface area contributed by atoms with E-state index in [2.05, 4.69) is 0 Å². The zero-order chi connectivity index (χ0) is 18.4. The van der Waals surface area contributed by atoms with E-state index in [9.17, 15) is 22.4 Å². The molecule has 2 rings (SSSR count). The molecule has 0 aliphatic rings. The molecule has 0 saturated heterocycles. The van der Waals surface area contributed by atoms with Gasteiger partial charge in [-0.25, -0.2) is 4.39 Å². The first-order valence-corrected chi connectivity index (χ1v) is 7.63. The lowest BCUT2D eigenvalue weighted by molar-refractivity contribution is -0.163. The lowest BCUT2D eigenvalue weighted by atomic mass is 10.1. The normalized spacial score (nSPS) is 12.5.